The number of rotatable bonds is 4. The van der Waals surface area contributed by atoms with Gasteiger partial charge in [0.05, 0.1) is 14.2 Å². The molecule has 0 amide bonds. The molecule has 0 bridgehead atoms. The first-order valence-corrected chi connectivity index (χ1v) is 8.31. The minimum Gasteiger partial charge on any atom is -0.497 e. The van der Waals surface area contributed by atoms with E-state index < -0.39 is 10.0 Å². The third-order valence-corrected chi connectivity index (χ3v) is 5.68. The SMILES string of the molecule is COc1ccc(S(=O)(=O)N2CC(C)NCC2C)c(OC)c1. The van der Waals surface area contributed by atoms with Gasteiger partial charge >= 0.3 is 0 Å². The Hall–Kier alpha value is -1.31. The van der Waals surface area contributed by atoms with Crippen molar-refractivity contribution in [3.8, 4) is 11.5 Å². The molecule has 0 aliphatic carbocycles. The van der Waals surface area contributed by atoms with Gasteiger partial charge in [-0.1, -0.05) is 0 Å². The van der Waals surface area contributed by atoms with Gasteiger partial charge in [0, 0.05) is 31.2 Å². The van der Waals surface area contributed by atoms with Crippen LogP contribution in [0.3, 0.4) is 0 Å². The third kappa shape index (κ3) is 3.14. The molecule has 2 rings (SSSR count). The lowest BCUT2D eigenvalue weighted by Crippen LogP contribution is -2.56. The van der Waals surface area contributed by atoms with Crippen LogP contribution >= 0.6 is 0 Å². The molecule has 1 aromatic carbocycles. The molecule has 0 saturated carbocycles. The molecule has 1 heterocycles. The number of piperazine rings is 1. The van der Waals surface area contributed by atoms with Gasteiger partial charge in [-0.05, 0) is 26.0 Å². The van der Waals surface area contributed by atoms with E-state index in [-0.39, 0.29) is 17.0 Å². The lowest BCUT2D eigenvalue weighted by atomic mass is 10.2. The summed E-state index contributed by atoms with van der Waals surface area (Å²) in [6.07, 6.45) is 0. The number of benzene rings is 1. The van der Waals surface area contributed by atoms with Crippen LogP contribution in [0, 0.1) is 0 Å². The van der Waals surface area contributed by atoms with Gasteiger partial charge in [-0.25, -0.2) is 8.42 Å². The van der Waals surface area contributed by atoms with Gasteiger partial charge in [-0.2, -0.15) is 4.31 Å². The van der Waals surface area contributed by atoms with Crippen molar-refractivity contribution < 1.29 is 17.9 Å². The highest BCUT2D eigenvalue weighted by Crippen LogP contribution is 2.31. The zero-order valence-electron chi connectivity index (χ0n) is 12.8. The van der Waals surface area contributed by atoms with Crippen molar-refractivity contribution >= 4 is 10.0 Å². The van der Waals surface area contributed by atoms with Crippen molar-refractivity contribution in [1.29, 1.82) is 0 Å². The van der Waals surface area contributed by atoms with E-state index in [4.69, 9.17) is 9.47 Å². The molecular formula is C14H22N2O4S. The number of ether oxygens (including phenoxy) is 2. The maximum Gasteiger partial charge on any atom is 0.247 e. The fourth-order valence-corrected chi connectivity index (χ4v) is 4.29. The van der Waals surface area contributed by atoms with Crippen LogP contribution in [0.1, 0.15) is 13.8 Å². The second-order valence-electron chi connectivity index (χ2n) is 5.25. The first-order valence-electron chi connectivity index (χ1n) is 6.87. The zero-order chi connectivity index (χ0) is 15.6. The largest absolute Gasteiger partial charge is 0.497 e. The second-order valence-corrected chi connectivity index (χ2v) is 7.11. The molecule has 21 heavy (non-hydrogen) atoms. The van der Waals surface area contributed by atoms with E-state index in [1.807, 2.05) is 13.8 Å². The zero-order valence-corrected chi connectivity index (χ0v) is 13.6. The summed E-state index contributed by atoms with van der Waals surface area (Å²) in [5.41, 5.74) is 0. The van der Waals surface area contributed by atoms with Crippen molar-refractivity contribution in [2.45, 2.75) is 30.8 Å². The van der Waals surface area contributed by atoms with Gasteiger partial charge in [-0.15, -0.1) is 0 Å². The maximum atomic E-state index is 12.9. The van der Waals surface area contributed by atoms with Gasteiger partial charge in [0.2, 0.25) is 10.0 Å². The molecule has 0 spiro atoms. The Labute approximate surface area is 126 Å². The number of methoxy groups -OCH3 is 2. The lowest BCUT2D eigenvalue weighted by Gasteiger charge is -2.36. The molecule has 6 nitrogen and oxygen atoms in total. The van der Waals surface area contributed by atoms with E-state index in [1.165, 1.54) is 24.6 Å². The molecule has 118 valence electrons. The summed E-state index contributed by atoms with van der Waals surface area (Å²) < 4.78 is 37.7. The second kappa shape index (κ2) is 6.21. The molecule has 1 fully saturated rings. The van der Waals surface area contributed by atoms with Crippen LogP contribution in [0.25, 0.3) is 0 Å². The lowest BCUT2D eigenvalue weighted by molar-refractivity contribution is 0.244. The first kappa shape index (κ1) is 16.1. The molecule has 2 atom stereocenters. The first-order chi connectivity index (χ1) is 9.90. The number of hydrogen-bond acceptors (Lipinski definition) is 5. The summed E-state index contributed by atoms with van der Waals surface area (Å²) in [6, 6.07) is 4.78. The molecule has 7 heteroatoms. The number of hydrogen-bond donors (Lipinski definition) is 1. The minimum absolute atomic E-state index is 0.0991. The van der Waals surface area contributed by atoms with E-state index in [9.17, 15) is 8.42 Å². The number of nitrogens with zero attached hydrogens (tertiary/aromatic N) is 1. The van der Waals surface area contributed by atoms with E-state index in [1.54, 1.807) is 12.1 Å². The Balaban J connectivity index is 2.43. The molecule has 1 saturated heterocycles. The Morgan fingerprint density at radius 2 is 1.95 bits per heavy atom. The molecule has 1 N–H and O–H groups in total. The minimum atomic E-state index is -3.60. The average Bonchev–Trinajstić information content (AvgIpc) is 2.48. The molecular weight excluding hydrogens is 292 g/mol. The molecule has 2 unspecified atom stereocenters. The van der Waals surface area contributed by atoms with Crippen LogP contribution in [-0.4, -0.2) is 52.1 Å². The van der Waals surface area contributed by atoms with Gasteiger partial charge in [-0.3, -0.25) is 0 Å². The van der Waals surface area contributed by atoms with Gasteiger partial charge in [0.25, 0.3) is 0 Å². The summed E-state index contributed by atoms with van der Waals surface area (Å²) >= 11 is 0. The normalized spacial score (nSPS) is 23.8. The Morgan fingerprint density at radius 3 is 2.57 bits per heavy atom. The van der Waals surface area contributed by atoms with Crippen LogP contribution in [0.2, 0.25) is 0 Å². The monoisotopic (exact) mass is 314 g/mol. The van der Waals surface area contributed by atoms with Gasteiger partial charge < -0.3 is 14.8 Å². The molecule has 0 radical (unpaired) electrons. The van der Waals surface area contributed by atoms with Crippen molar-refractivity contribution in [3.05, 3.63) is 18.2 Å². The summed E-state index contributed by atoms with van der Waals surface area (Å²) in [4.78, 5) is 0.173. The summed E-state index contributed by atoms with van der Waals surface area (Å²) in [5.74, 6) is 0.861. The fourth-order valence-electron chi connectivity index (χ4n) is 2.44. The fraction of sp³-hybridized carbons (Fsp3) is 0.571. The van der Waals surface area contributed by atoms with E-state index in [2.05, 4.69) is 5.32 Å². The van der Waals surface area contributed by atoms with Crippen LogP contribution in [0.4, 0.5) is 0 Å². The topological polar surface area (TPSA) is 67.9 Å². The van der Waals surface area contributed by atoms with Crippen molar-refractivity contribution in [3.63, 3.8) is 0 Å². The molecule has 0 aromatic heterocycles. The van der Waals surface area contributed by atoms with Crippen molar-refractivity contribution in [1.82, 2.24) is 9.62 Å². The van der Waals surface area contributed by atoms with Gasteiger partial charge in [0.1, 0.15) is 16.4 Å². The van der Waals surface area contributed by atoms with E-state index >= 15 is 0 Å². The highest BCUT2D eigenvalue weighted by atomic mass is 32.2. The summed E-state index contributed by atoms with van der Waals surface area (Å²) in [7, 11) is -0.612. The highest BCUT2D eigenvalue weighted by molar-refractivity contribution is 7.89. The number of nitrogens with one attached hydrogen (secondary N) is 1. The average molecular weight is 314 g/mol. The Bertz CT molecular complexity index is 603. The van der Waals surface area contributed by atoms with E-state index in [0.717, 1.165) is 0 Å². The third-order valence-electron chi connectivity index (χ3n) is 3.66. The predicted octanol–water partition coefficient (Wildman–Crippen LogP) is 1.07. The van der Waals surface area contributed by atoms with Crippen LogP contribution in [0.15, 0.2) is 23.1 Å². The summed E-state index contributed by atoms with van der Waals surface area (Å²) in [5, 5.41) is 3.27. The van der Waals surface area contributed by atoms with Gasteiger partial charge in [0.15, 0.2) is 0 Å². The quantitative estimate of drug-likeness (QED) is 0.900. The maximum absolute atomic E-state index is 12.9. The molecule has 1 aliphatic heterocycles. The van der Waals surface area contributed by atoms with Crippen LogP contribution in [-0.2, 0) is 10.0 Å². The molecule has 1 aromatic rings. The highest BCUT2D eigenvalue weighted by Gasteiger charge is 2.35. The van der Waals surface area contributed by atoms with Crippen LogP contribution in [0.5, 0.6) is 11.5 Å². The standard InChI is InChI=1S/C14H22N2O4S/c1-10-9-16(11(2)8-15-10)21(17,18)14-6-5-12(19-3)7-13(14)20-4/h5-7,10-11,15H,8-9H2,1-4H3. The smallest absolute Gasteiger partial charge is 0.247 e. The Kier molecular flexibility index (Phi) is 4.75. The summed E-state index contributed by atoms with van der Waals surface area (Å²) in [6.45, 7) is 4.95. The van der Waals surface area contributed by atoms with Crippen molar-refractivity contribution in [2.24, 2.45) is 0 Å². The van der Waals surface area contributed by atoms with E-state index in [0.29, 0.717) is 24.6 Å². The Morgan fingerprint density at radius 1 is 1.24 bits per heavy atom. The molecule has 1 aliphatic rings. The predicted molar refractivity (Wildman–Crippen MR) is 80.4 cm³/mol. The number of sulfonamides is 1. The van der Waals surface area contributed by atoms with Crippen LogP contribution < -0.4 is 14.8 Å². The van der Waals surface area contributed by atoms with Crippen molar-refractivity contribution in [2.75, 3.05) is 27.3 Å².